The number of methoxy groups -OCH3 is 2. The Morgan fingerprint density at radius 1 is 0.860 bits per heavy atom. The number of aliphatic hydroxyl groups is 6. The van der Waals surface area contributed by atoms with Gasteiger partial charge in [0.1, 0.15) is 78.8 Å². The topological polar surface area (TPSA) is 222 Å². The molecule has 5 aliphatic rings. The molecule has 12 atom stereocenters. The van der Waals surface area contributed by atoms with E-state index in [9.17, 15) is 35.4 Å². The van der Waals surface area contributed by atoms with Crippen molar-refractivity contribution in [2.24, 2.45) is 0 Å². The van der Waals surface area contributed by atoms with Gasteiger partial charge in [-0.2, -0.15) is 0 Å². The predicted molar refractivity (Wildman–Crippen MR) is 167 cm³/mol. The summed E-state index contributed by atoms with van der Waals surface area (Å²) < 4.78 is 51.5. The van der Waals surface area contributed by atoms with Gasteiger partial charge in [-0.05, 0) is 23.8 Å². The molecule has 16 nitrogen and oxygen atoms in total. The number of carbonyl (C=O) groups is 1. The molecule has 2 aromatic carbocycles. The molecular weight excluding hydrogens is 664 g/mol. The van der Waals surface area contributed by atoms with Crippen LogP contribution in [0.25, 0.3) is 0 Å². The minimum Gasteiger partial charge on any atom is -0.493 e. The van der Waals surface area contributed by atoms with Crippen LogP contribution in [0.1, 0.15) is 27.4 Å². The highest BCUT2D eigenvalue weighted by molar-refractivity contribution is 6.06. The predicted octanol–water partition coefficient (Wildman–Crippen LogP) is -1.04. The first-order valence-corrected chi connectivity index (χ1v) is 16.2. The maximum atomic E-state index is 13.9. The Kier molecular flexibility index (Phi) is 9.68. The maximum absolute atomic E-state index is 13.9. The van der Waals surface area contributed by atoms with Crippen LogP contribution in [0.4, 0.5) is 0 Å². The van der Waals surface area contributed by atoms with Crippen molar-refractivity contribution in [2.45, 2.75) is 79.9 Å². The molecular formula is C34H40O16. The largest absolute Gasteiger partial charge is 0.493 e. The lowest BCUT2D eigenvalue weighted by atomic mass is 9.81. The zero-order valence-corrected chi connectivity index (χ0v) is 27.2. The number of ether oxygens (including phenoxy) is 9. The third-order valence-corrected chi connectivity index (χ3v) is 9.76. The number of carbonyl (C=O) groups excluding carboxylic acids is 1. The summed E-state index contributed by atoms with van der Waals surface area (Å²) in [6.07, 6.45) is -14.1. The van der Waals surface area contributed by atoms with Crippen molar-refractivity contribution in [3.05, 3.63) is 53.1 Å². The molecule has 50 heavy (non-hydrogen) atoms. The lowest BCUT2D eigenvalue weighted by Crippen LogP contribution is -2.60. The highest BCUT2D eigenvalue weighted by Gasteiger charge is 2.48. The summed E-state index contributed by atoms with van der Waals surface area (Å²) in [4.78, 5) is 13.9. The van der Waals surface area contributed by atoms with Crippen LogP contribution < -0.4 is 23.7 Å². The molecule has 0 radical (unpaired) electrons. The lowest BCUT2D eigenvalue weighted by Gasteiger charge is -2.41. The molecule has 2 fully saturated rings. The van der Waals surface area contributed by atoms with Gasteiger partial charge in [-0.15, -0.1) is 0 Å². The lowest BCUT2D eigenvalue weighted by molar-refractivity contribution is -0.319. The van der Waals surface area contributed by atoms with Gasteiger partial charge >= 0.3 is 0 Å². The Balaban J connectivity index is 0.993. The van der Waals surface area contributed by atoms with E-state index in [0.717, 1.165) is 0 Å². The van der Waals surface area contributed by atoms with Crippen molar-refractivity contribution in [3.8, 4) is 28.7 Å². The van der Waals surface area contributed by atoms with Gasteiger partial charge in [0.15, 0.2) is 29.9 Å². The smallest absolute Gasteiger partial charge is 0.187 e. The van der Waals surface area contributed by atoms with Gasteiger partial charge in [0.05, 0.1) is 45.5 Å². The number of rotatable bonds is 9. The third kappa shape index (κ3) is 6.08. The van der Waals surface area contributed by atoms with Gasteiger partial charge in [0, 0.05) is 23.6 Å². The summed E-state index contributed by atoms with van der Waals surface area (Å²) in [6.45, 7) is 3.35. The van der Waals surface area contributed by atoms with Crippen LogP contribution in [0.2, 0.25) is 0 Å². The number of benzene rings is 2. The van der Waals surface area contributed by atoms with Gasteiger partial charge in [-0.3, -0.25) is 4.79 Å². The number of aliphatic hydroxyl groups excluding tert-OH is 6. The molecule has 16 heteroatoms. The molecule has 0 saturated carbocycles. The zero-order chi connectivity index (χ0) is 35.4. The standard InChI is InChI=1S/C34H40O16/c1-13(9-45-34-31(41)29(39)28(38)24(50-34)12-47-33-30(40)27(37)17(35)10-46-33)19-7-16-18(48-19)5-4-14-26(36)25-15-6-21(42-2)22(43-3)8-20(15)44-11-23(25)49-32(14)16/h4-6,8,17,19,23-25,27-31,33-35,37-41H,1,7,9-12H2,2-3H3/t17-,19-,23-,24+,25+,27-,28+,29-,30+,31+,33-,34+/m1/s1. The second-order valence-corrected chi connectivity index (χ2v) is 12.9. The molecule has 7 rings (SSSR count). The number of hydrogen-bond donors (Lipinski definition) is 6. The van der Waals surface area contributed by atoms with Crippen molar-refractivity contribution < 1.29 is 78.1 Å². The van der Waals surface area contributed by atoms with E-state index in [-0.39, 0.29) is 25.6 Å². The number of fused-ring (bicyclic) bond motifs is 6. The minimum atomic E-state index is -1.67. The molecule has 272 valence electrons. The highest BCUT2D eigenvalue weighted by Crippen LogP contribution is 2.50. The molecule has 0 aromatic heterocycles. The minimum absolute atomic E-state index is 0.123. The summed E-state index contributed by atoms with van der Waals surface area (Å²) in [5.41, 5.74) is 2.20. The van der Waals surface area contributed by atoms with E-state index in [4.69, 9.17) is 42.6 Å². The van der Waals surface area contributed by atoms with Crippen molar-refractivity contribution in [2.75, 3.05) is 40.6 Å². The van der Waals surface area contributed by atoms with Crippen LogP contribution in [0.5, 0.6) is 28.7 Å². The molecule has 5 aliphatic heterocycles. The molecule has 0 bridgehead atoms. The number of ketones is 1. The van der Waals surface area contributed by atoms with Gasteiger partial charge in [-0.1, -0.05) is 6.58 Å². The highest BCUT2D eigenvalue weighted by atomic mass is 16.7. The molecule has 0 aliphatic carbocycles. The van der Waals surface area contributed by atoms with Crippen molar-refractivity contribution in [1.29, 1.82) is 0 Å². The van der Waals surface area contributed by atoms with E-state index in [2.05, 4.69) is 6.58 Å². The first-order valence-electron chi connectivity index (χ1n) is 16.2. The maximum Gasteiger partial charge on any atom is 0.187 e. The summed E-state index contributed by atoms with van der Waals surface area (Å²) >= 11 is 0. The van der Waals surface area contributed by atoms with Crippen molar-refractivity contribution in [3.63, 3.8) is 0 Å². The Hall–Kier alpha value is -3.55. The normalized spacial score (nSPS) is 35.7. The SMILES string of the molecule is C=C(CO[C@H]1O[C@@H](CO[C@H]2OC[C@@H](O)[C@@H](O)[C@@H]2O)[C@H](O)[C@@H](O)[C@@H]1O)[C@H]1Cc2c(ccc3c2O[C@@H]2COc4cc(OC)c(OC)cc4[C@@H]2C3=O)O1. The number of Topliss-reactive ketones (excluding diaryl/α,β-unsaturated/α-hetero) is 1. The van der Waals surface area contributed by atoms with E-state index in [1.807, 2.05) is 0 Å². The van der Waals surface area contributed by atoms with Crippen LogP contribution in [-0.2, 0) is 25.4 Å². The fourth-order valence-electron chi connectivity index (χ4n) is 6.88. The van der Waals surface area contributed by atoms with Crippen molar-refractivity contribution in [1.82, 2.24) is 0 Å². The molecule has 0 unspecified atom stereocenters. The van der Waals surface area contributed by atoms with Crippen LogP contribution in [0.3, 0.4) is 0 Å². The zero-order valence-electron chi connectivity index (χ0n) is 27.2. The molecule has 0 amide bonds. The summed E-state index contributed by atoms with van der Waals surface area (Å²) in [6, 6.07) is 6.82. The second kappa shape index (κ2) is 13.9. The molecule has 5 heterocycles. The van der Waals surface area contributed by atoms with E-state index in [1.165, 1.54) is 14.2 Å². The average molecular weight is 705 g/mol. The summed E-state index contributed by atoms with van der Waals surface area (Å²) in [5, 5.41) is 61.2. The van der Waals surface area contributed by atoms with Crippen LogP contribution in [0, 0.1) is 0 Å². The van der Waals surface area contributed by atoms with Gasteiger partial charge in [0.2, 0.25) is 0 Å². The van der Waals surface area contributed by atoms with Crippen LogP contribution in [0.15, 0.2) is 36.4 Å². The number of hydrogen-bond acceptors (Lipinski definition) is 16. The molecule has 0 spiro atoms. The van der Waals surface area contributed by atoms with E-state index in [0.29, 0.717) is 57.4 Å². The first kappa shape index (κ1) is 34.9. The van der Waals surface area contributed by atoms with E-state index >= 15 is 0 Å². The third-order valence-electron chi connectivity index (χ3n) is 9.76. The van der Waals surface area contributed by atoms with Gasteiger partial charge < -0.3 is 73.3 Å². The summed E-state index contributed by atoms with van der Waals surface area (Å²) in [7, 11) is 3.04. The fourth-order valence-corrected chi connectivity index (χ4v) is 6.88. The Bertz CT molecular complexity index is 1610. The molecule has 2 saturated heterocycles. The summed E-state index contributed by atoms with van der Waals surface area (Å²) in [5.74, 6) is 1.67. The monoisotopic (exact) mass is 704 g/mol. The Morgan fingerprint density at radius 3 is 2.36 bits per heavy atom. The molecule has 2 aromatic rings. The van der Waals surface area contributed by atoms with Crippen molar-refractivity contribution >= 4 is 5.78 Å². The first-order chi connectivity index (χ1) is 24.0. The second-order valence-electron chi connectivity index (χ2n) is 12.9. The molecule has 6 N–H and O–H groups in total. The van der Waals surface area contributed by atoms with Gasteiger partial charge in [-0.25, -0.2) is 0 Å². The quantitative estimate of drug-likeness (QED) is 0.172. The van der Waals surface area contributed by atoms with Crippen LogP contribution in [-0.4, -0.2) is 145 Å². The van der Waals surface area contributed by atoms with E-state index < -0.39 is 80.0 Å². The van der Waals surface area contributed by atoms with E-state index in [1.54, 1.807) is 24.3 Å². The fraction of sp³-hybridized carbons (Fsp3) is 0.559. The van der Waals surface area contributed by atoms with Crippen LogP contribution >= 0.6 is 0 Å². The van der Waals surface area contributed by atoms with Gasteiger partial charge in [0.25, 0.3) is 0 Å². The Morgan fingerprint density at radius 2 is 1.60 bits per heavy atom. The Labute approximate surface area is 286 Å². The average Bonchev–Trinajstić information content (AvgIpc) is 3.57.